The smallest absolute Gasteiger partial charge is 0.406 e. The third kappa shape index (κ3) is 12.3. The van der Waals surface area contributed by atoms with Crippen LogP contribution in [0.15, 0.2) is 88.3 Å². The first-order valence-corrected chi connectivity index (χ1v) is 19.5. The monoisotopic (exact) mass is 857 g/mol. The number of carbonyl (C=O) groups is 1. The number of nitrogens with zero attached hydrogens (tertiary/aromatic N) is 4. The maximum Gasteiger partial charge on any atom is 0.406 e. The number of amides is 1. The number of pyridine rings is 2. The van der Waals surface area contributed by atoms with Crippen LogP contribution in [0.1, 0.15) is 22.8 Å². The molecule has 62 heavy (non-hydrogen) atoms. The van der Waals surface area contributed by atoms with Crippen molar-refractivity contribution in [1.29, 1.82) is 0 Å². The summed E-state index contributed by atoms with van der Waals surface area (Å²) in [4.78, 5) is 29.4. The van der Waals surface area contributed by atoms with E-state index in [0.717, 1.165) is 21.4 Å². The lowest BCUT2D eigenvalue weighted by Gasteiger charge is -2.13. The molecule has 0 saturated heterocycles. The van der Waals surface area contributed by atoms with E-state index in [1.54, 1.807) is 72.9 Å². The molecule has 0 aliphatic carbocycles. The Morgan fingerprint density at radius 2 is 1.74 bits per heavy atom. The first kappa shape index (κ1) is 44.6. The van der Waals surface area contributed by atoms with Gasteiger partial charge in [0.05, 0.1) is 74.9 Å². The number of nitrogens with one attached hydrogen (secondary N) is 2. The van der Waals surface area contributed by atoms with Crippen LogP contribution in [0.25, 0.3) is 22.0 Å². The van der Waals surface area contributed by atoms with Crippen molar-refractivity contribution in [3.63, 3.8) is 0 Å². The van der Waals surface area contributed by atoms with Gasteiger partial charge in [0.25, 0.3) is 11.5 Å². The van der Waals surface area contributed by atoms with Crippen molar-refractivity contribution in [3.05, 3.63) is 112 Å². The maximum absolute atomic E-state index is 13.3. The number of alkyl halides is 3. The zero-order valence-corrected chi connectivity index (χ0v) is 34.3. The Morgan fingerprint density at radius 1 is 0.952 bits per heavy atom. The van der Waals surface area contributed by atoms with E-state index in [-0.39, 0.29) is 62.5 Å². The number of aryl methyl sites for hydroxylation is 2. The van der Waals surface area contributed by atoms with Crippen LogP contribution in [0.2, 0.25) is 0 Å². The molecule has 2 aromatic carbocycles. The van der Waals surface area contributed by atoms with Crippen molar-refractivity contribution in [2.75, 3.05) is 70.9 Å². The van der Waals surface area contributed by atoms with Gasteiger partial charge in [-0.1, -0.05) is 23.2 Å². The van der Waals surface area contributed by atoms with E-state index in [1.807, 2.05) is 13.8 Å². The van der Waals surface area contributed by atoms with E-state index in [4.69, 9.17) is 33.9 Å². The summed E-state index contributed by atoms with van der Waals surface area (Å²) in [6.45, 7) is 4.29. The number of rotatable bonds is 20. The van der Waals surface area contributed by atoms with E-state index < -0.39 is 12.7 Å². The molecule has 0 saturated carbocycles. The first-order chi connectivity index (χ1) is 29.9. The van der Waals surface area contributed by atoms with Crippen molar-refractivity contribution in [3.8, 4) is 40.3 Å². The van der Waals surface area contributed by atoms with Crippen LogP contribution in [0, 0.1) is 25.7 Å². The van der Waals surface area contributed by atoms with E-state index in [9.17, 15) is 22.8 Å². The quantitative estimate of drug-likeness (QED) is 0.0483. The van der Waals surface area contributed by atoms with Gasteiger partial charge in [0.2, 0.25) is 5.88 Å². The summed E-state index contributed by atoms with van der Waals surface area (Å²) in [6, 6.07) is 19.9. The van der Waals surface area contributed by atoms with E-state index in [1.165, 1.54) is 17.7 Å². The second kappa shape index (κ2) is 21.0. The molecule has 1 amide bonds. The number of anilines is 2. The molecule has 15 nitrogen and oxygen atoms in total. The second-order valence-electron chi connectivity index (χ2n) is 13.8. The largest absolute Gasteiger partial charge is 0.494 e. The molecule has 326 valence electrons. The highest BCUT2D eigenvalue weighted by Crippen LogP contribution is 2.31. The van der Waals surface area contributed by atoms with E-state index >= 15 is 0 Å². The average molecular weight is 858 g/mol. The number of nitrogens with two attached hydrogens (primary N) is 1. The molecule has 0 aliphatic rings. The maximum atomic E-state index is 13.3. The lowest BCUT2D eigenvalue weighted by molar-refractivity contribution is -0.140. The molecule has 6 aromatic rings. The van der Waals surface area contributed by atoms with E-state index in [2.05, 4.69) is 32.6 Å². The van der Waals surface area contributed by atoms with Crippen LogP contribution in [-0.2, 0) is 27.4 Å². The molecule has 0 aliphatic heterocycles. The Hall–Kier alpha value is -6.97. The summed E-state index contributed by atoms with van der Waals surface area (Å²) in [5.41, 5.74) is 10.3. The van der Waals surface area contributed by atoms with Gasteiger partial charge in [0.1, 0.15) is 30.4 Å². The van der Waals surface area contributed by atoms with Gasteiger partial charge in [-0.05, 0) is 62.2 Å². The van der Waals surface area contributed by atoms with E-state index in [0.29, 0.717) is 65.1 Å². The number of nitrogen functional groups attached to an aromatic ring is 1. The molecular weight excluding hydrogens is 812 g/mol. The molecule has 0 unspecified atom stereocenters. The van der Waals surface area contributed by atoms with Gasteiger partial charge in [-0.2, -0.15) is 13.2 Å². The van der Waals surface area contributed by atoms with Crippen LogP contribution in [0.5, 0.6) is 17.4 Å². The summed E-state index contributed by atoms with van der Waals surface area (Å²) in [6.07, 6.45) is -2.69. The normalized spacial score (nSPS) is 11.3. The molecule has 0 atom stereocenters. The third-order valence-electron chi connectivity index (χ3n) is 9.28. The number of aromatic nitrogens is 4. The minimum absolute atomic E-state index is 0.138. The number of hydrogen-bond acceptors (Lipinski definition) is 12. The fourth-order valence-corrected chi connectivity index (χ4v) is 6.43. The molecule has 4 N–H and O–H groups in total. The SMILES string of the molecule is COc1cc(OCCOCCOCCNC(=O)COc2cccc(Cn3cc(-c4c(C)noc4C)ccc3=O)n2)ccc1NCC#Cc1cc2c(N)cccc2n1CC(F)(F)F. The van der Waals surface area contributed by atoms with Gasteiger partial charge < -0.3 is 53.7 Å². The highest BCUT2D eigenvalue weighted by atomic mass is 19.4. The molecule has 0 bridgehead atoms. The fourth-order valence-electron chi connectivity index (χ4n) is 6.43. The van der Waals surface area contributed by atoms with Crippen molar-refractivity contribution in [2.45, 2.75) is 33.1 Å². The summed E-state index contributed by atoms with van der Waals surface area (Å²) in [7, 11) is 1.51. The molecule has 18 heteroatoms. The second-order valence-corrected chi connectivity index (χ2v) is 13.8. The Balaban J connectivity index is 0.838. The van der Waals surface area contributed by atoms with Crippen molar-refractivity contribution in [1.82, 2.24) is 24.6 Å². The van der Waals surface area contributed by atoms with Crippen molar-refractivity contribution in [2.24, 2.45) is 0 Å². The minimum atomic E-state index is -4.43. The van der Waals surface area contributed by atoms with Crippen LogP contribution in [0.4, 0.5) is 24.5 Å². The highest BCUT2D eigenvalue weighted by molar-refractivity contribution is 5.92. The summed E-state index contributed by atoms with van der Waals surface area (Å²) in [5, 5.41) is 10.4. The molecule has 4 heterocycles. The lowest BCUT2D eigenvalue weighted by atomic mass is 10.1. The van der Waals surface area contributed by atoms with Crippen molar-refractivity contribution >= 4 is 28.2 Å². The molecule has 0 radical (unpaired) electrons. The third-order valence-corrected chi connectivity index (χ3v) is 9.28. The Kier molecular flexibility index (Phi) is 15.1. The molecular formula is C44H46F3N7O8. The van der Waals surface area contributed by atoms with Crippen LogP contribution in [0.3, 0.4) is 0 Å². The summed E-state index contributed by atoms with van der Waals surface area (Å²) in [5.74, 6) is 7.31. The molecule has 6 rings (SSSR count). The predicted molar refractivity (Wildman–Crippen MR) is 225 cm³/mol. The summed E-state index contributed by atoms with van der Waals surface area (Å²) >= 11 is 0. The number of methoxy groups -OCH3 is 1. The van der Waals surface area contributed by atoms with Gasteiger partial charge >= 0.3 is 6.18 Å². The number of hydrogen-bond donors (Lipinski definition) is 3. The Bertz CT molecular complexity index is 2570. The molecule has 0 spiro atoms. The Morgan fingerprint density at radius 3 is 2.52 bits per heavy atom. The van der Waals surface area contributed by atoms with Gasteiger partial charge in [-0.15, -0.1) is 0 Å². The number of fused-ring (bicyclic) bond motifs is 1. The number of halogens is 3. The Labute approximate surface area is 354 Å². The highest BCUT2D eigenvalue weighted by Gasteiger charge is 2.30. The fraction of sp³-hybridized carbons (Fsp3) is 0.318. The predicted octanol–water partition coefficient (Wildman–Crippen LogP) is 5.74. The van der Waals surface area contributed by atoms with Crippen LogP contribution < -0.4 is 36.1 Å². The standard InChI is InChI=1S/C44H46F3N7O8/c1-29-43(30(2)62-52-29)31-12-15-42(56)53(25-31)26-32-7-4-11-41(51-32)61-27-40(55)50-17-18-58-19-20-59-21-22-60-34-13-14-37(39(24-34)57-3)49-16-6-8-33-23-35-36(48)9-5-10-38(35)54(33)28-44(45,46)47/h4-5,7,9-15,23-25,49H,16-22,26-28,48H2,1-3H3,(H,50,55). The number of ether oxygens (including phenoxy) is 5. The van der Waals surface area contributed by atoms with Gasteiger partial charge in [-0.3, -0.25) is 9.59 Å². The van der Waals surface area contributed by atoms with Crippen LogP contribution in [-0.4, -0.2) is 91.2 Å². The zero-order valence-electron chi connectivity index (χ0n) is 34.3. The number of carbonyl (C=O) groups excluding carboxylic acids is 1. The van der Waals surface area contributed by atoms with Crippen molar-refractivity contribution < 1.29 is 46.2 Å². The lowest BCUT2D eigenvalue weighted by Crippen LogP contribution is -2.32. The summed E-state index contributed by atoms with van der Waals surface area (Å²) < 4.78 is 75.9. The molecule has 4 aromatic heterocycles. The molecule has 0 fully saturated rings. The minimum Gasteiger partial charge on any atom is -0.494 e. The van der Waals surface area contributed by atoms with Gasteiger partial charge in [0, 0.05) is 53.1 Å². The van der Waals surface area contributed by atoms with Crippen LogP contribution >= 0.6 is 0 Å². The average Bonchev–Trinajstić information content (AvgIpc) is 3.77. The van der Waals surface area contributed by atoms with Gasteiger partial charge in [0.15, 0.2) is 6.61 Å². The zero-order chi connectivity index (χ0) is 44.1. The topological polar surface area (TPSA) is 179 Å². The number of benzene rings is 2. The van der Waals surface area contributed by atoms with Gasteiger partial charge in [-0.25, -0.2) is 4.98 Å². The first-order valence-electron chi connectivity index (χ1n) is 19.5.